The summed E-state index contributed by atoms with van der Waals surface area (Å²) in [6, 6.07) is 0. The fourth-order valence-electron chi connectivity index (χ4n) is 2.36. The van der Waals surface area contributed by atoms with E-state index in [9.17, 15) is 4.79 Å². The molecule has 0 aliphatic heterocycles. The van der Waals surface area contributed by atoms with E-state index in [0.29, 0.717) is 33.0 Å². The van der Waals surface area contributed by atoms with Gasteiger partial charge in [-0.2, -0.15) is 0 Å². The van der Waals surface area contributed by atoms with Gasteiger partial charge < -0.3 is 24.7 Å². The maximum Gasteiger partial charge on any atom is 0.326 e. The number of hydrogen-bond donors (Lipinski definition) is 1. The molecule has 1 aliphatic rings. The van der Waals surface area contributed by atoms with Crippen molar-refractivity contribution in [1.82, 2.24) is 0 Å². The lowest BCUT2D eigenvalue weighted by Crippen LogP contribution is -2.48. The molecule has 1 saturated carbocycles. The molecule has 0 aromatic rings. The van der Waals surface area contributed by atoms with Gasteiger partial charge in [-0.15, -0.1) is 0 Å². The third-order valence-electron chi connectivity index (χ3n) is 3.67. The smallest absolute Gasteiger partial charge is 0.326 e. The van der Waals surface area contributed by atoms with Crippen molar-refractivity contribution in [3.05, 3.63) is 0 Å². The number of hydrogen-bond acceptors (Lipinski definition) is 6. The van der Waals surface area contributed by atoms with Crippen LogP contribution in [0.4, 0.5) is 0 Å². The van der Waals surface area contributed by atoms with Gasteiger partial charge in [-0.1, -0.05) is 25.7 Å². The standard InChI is InChI=1S/C15H29NO5/c1-18-8-9-19-10-11-20-12-13-21-14(17)15(16)6-4-2-3-5-7-15/h2-13,16H2,1H3. The fraction of sp³-hybridized carbons (Fsp3) is 0.933. The summed E-state index contributed by atoms with van der Waals surface area (Å²) in [6.45, 7) is 2.75. The summed E-state index contributed by atoms with van der Waals surface area (Å²) in [4.78, 5) is 12.0. The predicted octanol–water partition coefficient (Wildman–Crippen LogP) is 1.26. The van der Waals surface area contributed by atoms with Crippen LogP contribution in [-0.2, 0) is 23.7 Å². The Morgan fingerprint density at radius 1 is 0.905 bits per heavy atom. The molecule has 0 radical (unpaired) electrons. The number of nitrogens with two attached hydrogens (primary N) is 1. The van der Waals surface area contributed by atoms with Gasteiger partial charge in [0, 0.05) is 7.11 Å². The monoisotopic (exact) mass is 303 g/mol. The largest absolute Gasteiger partial charge is 0.462 e. The van der Waals surface area contributed by atoms with E-state index in [2.05, 4.69) is 0 Å². The van der Waals surface area contributed by atoms with Crippen LogP contribution in [0.2, 0.25) is 0 Å². The van der Waals surface area contributed by atoms with Gasteiger partial charge >= 0.3 is 5.97 Å². The molecular formula is C15H29NO5. The summed E-state index contributed by atoms with van der Waals surface area (Å²) < 4.78 is 20.7. The summed E-state index contributed by atoms with van der Waals surface area (Å²) >= 11 is 0. The van der Waals surface area contributed by atoms with Crippen LogP contribution >= 0.6 is 0 Å². The molecule has 0 spiro atoms. The SMILES string of the molecule is COCCOCCOCCOC(=O)C1(N)CCCCCC1. The quantitative estimate of drug-likeness (QED) is 0.372. The molecule has 1 aliphatic carbocycles. The summed E-state index contributed by atoms with van der Waals surface area (Å²) in [5, 5.41) is 0. The van der Waals surface area contributed by atoms with Gasteiger partial charge in [0.1, 0.15) is 12.1 Å². The van der Waals surface area contributed by atoms with Crippen molar-refractivity contribution in [3.63, 3.8) is 0 Å². The van der Waals surface area contributed by atoms with E-state index in [1.54, 1.807) is 7.11 Å². The zero-order chi connectivity index (χ0) is 15.4. The lowest BCUT2D eigenvalue weighted by Gasteiger charge is -2.25. The van der Waals surface area contributed by atoms with Crippen LogP contribution in [0.15, 0.2) is 0 Å². The first kappa shape index (κ1) is 18.4. The Kier molecular flexibility index (Phi) is 9.58. The highest BCUT2D eigenvalue weighted by molar-refractivity contribution is 5.80. The van der Waals surface area contributed by atoms with Crippen LogP contribution in [0.5, 0.6) is 0 Å². The molecule has 0 atom stereocenters. The van der Waals surface area contributed by atoms with Gasteiger partial charge in [-0.05, 0) is 12.8 Å². The Morgan fingerprint density at radius 2 is 1.43 bits per heavy atom. The molecule has 6 heteroatoms. The van der Waals surface area contributed by atoms with E-state index < -0.39 is 5.54 Å². The third kappa shape index (κ3) is 7.76. The summed E-state index contributed by atoms with van der Waals surface area (Å²) in [5.41, 5.74) is 5.37. The number of carbonyl (C=O) groups is 1. The molecule has 1 fully saturated rings. The predicted molar refractivity (Wildman–Crippen MR) is 79.1 cm³/mol. The lowest BCUT2D eigenvalue weighted by atomic mass is 9.92. The number of rotatable bonds is 10. The second-order valence-electron chi connectivity index (χ2n) is 5.42. The zero-order valence-electron chi connectivity index (χ0n) is 13.1. The molecule has 0 aromatic heterocycles. The highest BCUT2D eigenvalue weighted by Crippen LogP contribution is 2.25. The third-order valence-corrected chi connectivity index (χ3v) is 3.67. The minimum Gasteiger partial charge on any atom is -0.462 e. The number of ether oxygens (including phenoxy) is 4. The van der Waals surface area contributed by atoms with Crippen molar-refractivity contribution >= 4 is 5.97 Å². The lowest BCUT2D eigenvalue weighted by molar-refractivity contribution is -0.152. The van der Waals surface area contributed by atoms with Crippen molar-refractivity contribution < 1.29 is 23.7 Å². The number of esters is 1. The molecule has 2 N–H and O–H groups in total. The van der Waals surface area contributed by atoms with Gasteiger partial charge in [0.15, 0.2) is 0 Å². The second kappa shape index (κ2) is 11.0. The van der Waals surface area contributed by atoms with Gasteiger partial charge in [0.05, 0.1) is 33.0 Å². The minimum atomic E-state index is -0.792. The molecule has 1 rings (SSSR count). The maximum absolute atomic E-state index is 12.0. The first-order chi connectivity index (χ1) is 10.2. The molecule has 21 heavy (non-hydrogen) atoms. The Morgan fingerprint density at radius 3 is 2.00 bits per heavy atom. The molecule has 6 nitrogen and oxygen atoms in total. The van der Waals surface area contributed by atoms with E-state index >= 15 is 0 Å². The summed E-state index contributed by atoms with van der Waals surface area (Å²) in [6.07, 6.45) is 5.75. The van der Waals surface area contributed by atoms with Crippen LogP contribution < -0.4 is 5.73 Å². The van der Waals surface area contributed by atoms with Gasteiger partial charge in [0.25, 0.3) is 0 Å². The Hall–Kier alpha value is -0.690. The van der Waals surface area contributed by atoms with E-state index in [0.717, 1.165) is 38.5 Å². The molecule has 124 valence electrons. The van der Waals surface area contributed by atoms with Crippen molar-refractivity contribution in [2.45, 2.75) is 44.1 Å². The molecular weight excluding hydrogens is 274 g/mol. The normalized spacial score (nSPS) is 18.2. The average molecular weight is 303 g/mol. The van der Waals surface area contributed by atoms with Crippen LogP contribution in [0, 0.1) is 0 Å². The Labute approximate surface area is 127 Å². The first-order valence-electron chi connectivity index (χ1n) is 7.79. The minimum absolute atomic E-state index is 0.246. The average Bonchev–Trinajstić information content (AvgIpc) is 2.71. The van der Waals surface area contributed by atoms with Crippen LogP contribution in [0.1, 0.15) is 38.5 Å². The van der Waals surface area contributed by atoms with Crippen LogP contribution in [-0.4, -0.2) is 58.3 Å². The van der Waals surface area contributed by atoms with Crippen molar-refractivity contribution in [2.75, 3.05) is 46.8 Å². The van der Waals surface area contributed by atoms with Crippen molar-refractivity contribution in [1.29, 1.82) is 0 Å². The number of carbonyl (C=O) groups excluding carboxylic acids is 1. The topological polar surface area (TPSA) is 80.0 Å². The Bertz CT molecular complexity index is 277. The van der Waals surface area contributed by atoms with Crippen LogP contribution in [0.3, 0.4) is 0 Å². The molecule has 0 saturated heterocycles. The van der Waals surface area contributed by atoms with Crippen LogP contribution in [0.25, 0.3) is 0 Å². The maximum atomic E-state index is 12.0. The zero-order valence-corrected chi connectivity index (χ0v) is 13.1. The van der Waals surface area contributed by atoms with Gasteiger partial charge in [-0.3, -0.25) is 4.79 Å². The second-order valence-corrected chi connectivity index (χ2v) is 5.42. The highest BCUT2D eigenvalue weighted by Gasteiger charge is 2.35. The van der Waals surface area contributed by atoms with E-state index in [1.807, 2.05) is 0 Å². The number of methoxy groups -OCH3 is 1. The van der Waals surface area contributed by atoms with E-state index in [4.69, 9.17) is 24.7 Å². The molecule has 0 heterocycles. The molecule has 0 bridgehead atoms. The van der Waals surface area contributed by atoms with Gasteiger partial charge in [0.2, 0.25) is 0 Å². The molecule has 0 amide bonds. The summed E-state index contributed by atoms with van der Waals surface area (Å²) in [7, 11) is 1.63. The van der Waals surface area contributed by atoms with E-state index in [1.165, 1.54) is 0 Å². The molecule has 0 aromatic carbocycles. The molecule has 0 unspecified atom stereocenters. The van der Waals surface area contributed by atoms with Gasteiger partial charge in [-0.25, -0.2) is 0 Å². The first-order valence-corrected chi connectivity index (χ1v) is 7.79. The summed E-state index contributed by atoms with van der Waals surface area (Å²) in [5.74, 6) is -0.288. The van der Waals surface area contributed by atoms with Crippen molar-refractivity contribution in [3.8, 4) is 0 Å². The van der Waals surface area contributed by atoms with Crippen molar-refractivity contribution in [2.24, 2.45) is 5.73 Å². The fourth-order valence-corrected chi connectivity index (χ4v) is 2.36. The van der Waals surface area contributed by atoms with E-state index in [-0.39, 0.29) is 12.6 Å². The Balaban J connectivity index is 2.02. The highest BCUT2D eigenvalue weighted by atomic mass is 16.6.